The van der Waals surface area contributed by atoms with E-state index in [1.54, 1.807) is 42.3 Å². The lowest BCUT2D eigenvalue weighted by Crippen LogP contribution is -2.09. The van der Waals surface area contributed by atoms with Gasteiger partial charge in [0.05, 0.1) is 7.11 Å². The molecule has 0 spiro atoms. The van der Waals surface area contributed by atoms with Gasteiger partial charge in [-0.25, -0.2) is 4.98 Å². The highest BCUT2D eigenvalue weighted by Gasteiger charge is 2.15. The molecule has 0 fully saturated rings. The number of para-hydroxylation sites is 1. The molecule has 1 heterocycles. The van der Waals surface area contributed by atoms with Gasteiger partial charge in [-0.3, -0.25) is 9.36 Å². The molecule has 0 aliphatic heterocycles. The number of aryl methyl sites for hydroxylation is 1. The predicted octanol–water partition coefficient (Wildman–Crippen LogP) is 3.40. The average Bonchev–Trinajstić information content (AvgIpc) is 3.11. The van der Waals surface area contributed by atoms with Crippen molar-refractivity contribution in [2.24, 2.45) is 0 Å². The Labute approximate surface area is 140 Å². The molecule has 0 aliphatic carbocycles. The van der Waals surface area contributed by atoms with Crippen molar-refractivity contribution in [1.82, 2.24) is 9.55 Å². The number of phenols is 1. The van der Waals surface area contributed by atoms with E-state index in [1.165, 1.54) is 0 Å². The molecule has 0 aliphatic rings. The number of aromatic hydroxyl groups is 1. The smallest absolute Gasteiger partial charge is 0.198 e. The van der Waals surface area contributed by atoms with Crippen LogP contribution in [0.3, 0.4) is 0 Å². The molecule has 0 unspecified atom stereocenters. The van der Waals surface area contributed by atoms with Crippen LogP contribution in [0.2, 0.25) is 0 Å². The number of benzene rings is 2. The molecule has 3 rings (SSSR count). The number of methoxy groups -OCH3 is 1. The van der Waals surface area contributed by atoms with Crippen molar-refractivity contribution in [2.45, 2.75) is 12.8 Å². The van der Waals surface area contributed by atoms with Crippen LogP contribution in [0.15, 0.2) is 60.9 Å². The average molecular weight is 322 g/mol. The van der Waals surface area contributed by atoms with E-state index >= 15 is 0 Å². The number of hydrogen-bond acceptors (Lipinski definition) is 4. The van der Waals surface area contributed by atoms with Gasteiger partial charge in [-0.1, -0.05) is 18.2 Å². The summed E-state index contributed by atoms with van der Waals surface area (Å²) >= 11 is 0. The fraction of sp³-hybridized carbons (Fsp3) is 0.158. The van der Waals surface area contributed by atoms with Gasteiger partial charge in [0.2, 0.25) is 0 Å². The molecular weight excluding hydrogens is 304 g/mol. The minimum absolute atomic E-state index is 0.0777. The molecule has 3 aromatic rings. The zero-order chi connectivity index (χ0) is 16.9. The molecule has 0 bridgehead atoms. The lowest BCUT2D eigenvalue weighted by Gasteiger charge is -2.08. The van der Waals surface area contributed by atoms with E-state index in [9.17, 15) is 9.90 Å². The van der Waals surface area contributed by atoms with Crippen molar-refractivity contribution in [2.75, 3.05) is 7.11 Å². The maximum Gasteiger partial charge on any atom is 0.198 e. The molecule has 0 saturated heterocycles. The minimum Gasteiger partial charge on any atom is -0.508 e. The summed E-state index contributed by atoms with van der Waals surface area (Å²) in [5.41, 5.74) is 1.57. The molecule has 0 saturated carbocycles. The first-order valence-corrected chi connectivity index (χ1v) is 7.67. The fourth-order valence-corrected chi connectivity index (χ4v) is 2.56. The van der Waals surface area contributed by atoms with Gasteiger partial charge in [-0.05, 0) is 42.3 Å². The van der Waals surface area contributed by atoms with Crippen LogP contribution in [0.4, 0.5) is 0 Å². The number of carbonyl (C=O) groups is 1. The molecule has 5 nitrogen and oxygen atoms in total. The number of hydrogen-bond donors (Lipinski definition) is 1. The Morgan fingerprint density at radius 1 is 1.21 bits per heavy atom. The Morgan fingerprint density at radius 2 is 2.00 bits per heavy atom. The fourth-order valence-electron chi connectivity index (χ4n) is 2.56. The van der Waals surface area contributed by atoms with Crippen molar-refractivity contribution < 1.29 is 14.6 Å². The summed E-state index contributed by atoms with van der Waals surface area (Å²) in [7, 11) is 1.57. The molecule has 24 heavy (non-hydrogen) atoms. The minimum atomic E-state index is -0.0777. The summed E-state index contributed by atoms with van der Waals surface area (Å²) in [4.78, 5) is 16.7. The molecule has 2 aromatic carbocycles. The van der Waals surface area contributed by atoms with Crippen LogP contribution < -0.4 is 4.74 Å². The maximum atomic E-state index is 12.5. The quantitative estimate of drug-likeness (QED) is 0.706. The van der Waals surface area contributed by atoms with Gasteiger partial charge in [0.15, 0.2) is 11.6 Å². The van der Waals surface area contributed by atoms with E-state index < -0.39 is 0 Å². The summed E-state index contributed by atoms with van der Waals surface area (Å²) in [6, 6.07) is 14.6. The topological polar surface area (TPSA) is 64.3 Å². The SMILES string of the molecule is COc1ccc(O)c(CCC(=O)c2nccn2-c2ccccc2)c1. The van der Waals surface area contributed by atoms with Crippen molar-refractivity contribution in [3.8, 4) is 17.2 Å². The summed E-state index contributed by atoms with van der Waals surface area (Å²) < 4.78 is 6.92. The number of nitrogens with zero attached hydrogens (tertiary/aromatic N) is 2. The highest BCUT2D eigenvalue weighted by Crippen LogP contribution is 2.24. The number of aromatic nitrogens is 2. The Bertz CT molecular complexity index is 841. The number of rotatable bonds is 6. The lowest BCUT2D eigenvalue weighted by molar-refractivity contribution is 0.0971. The van der Waals surface area contributed by atoms with Crippen molar-refractivity contribution in [3.63, 3.8) is 0 Å². The van der Waals surface area contributed by atoms with Gasteiger partial charge < -0.3 is 9.84 Å². The summed E-state index contributed by atoms with van der Waals surface area (Å²) in [5, 5.41) is 9.92. The van der Waals surface area contributed by atoms with Gasteiger partial charge >= 0.3 is 0 Å². The Hall–Kier alpha value is -3.08. The van der Waals surface area contributed by atoms with Crippen LogP contribution in [0.5, 0.6) is 11.5 Å². The first-order valence-electron chi connectivity index (χ1n) is 7.67. The van der Waals surface area contributed by atoms with E-state index in [0.29, 0.717) is 23.6 Å². The Morgan fingerprint density at radius 3 is 2.75 bits per heavy atom. The van der Waals surface area contributed by atoms with Crippen molar-refractivity contribution in [1.29, 1.82) is 0 Å². The third kappa shape index (κ3) is 3.30. The van der Waals surface area contributed by atoms with Gasteiger partial charge in [-0.2, -0.15) is 0 Å². The highest BCUT2D eigenvalue weighted by molar-refractivity contribution is 5.93. The van der Waals surface area contributed by atoms with Gasteiger partial charge in [-0.15, -0.1) is 0 Å². The van der Waals surface area contributed by atoms with Gasteiger partial charge in [0, 0.05) is 24.5 Å². The van der Waals surface area contributed by atoms with Crippen LogP contribution in [-0.4, -0.2) is 27.6 Å². The van der Waals surface area contributed by atoms with Crippen LogP contribution in [0, 0.1) is 0 Å². The number of imidazole rings is 1. The normalized spacial score (nSPS) is 10.5. The summed E-state index contributed by atoms with van der Waals surface area (Å²) in [6.45, 7) is 0. The number of carbonyl (C=O) groups excluding carboxylic acids is 1. The van der Waals surface area contributed by atoms with Crippen LogP contribution in [0.1, 0.15) is 22.6 Å². The maximum absolute atomic E-state index is 12.5. The zero-order valence-electron chi connectivity index (χ0n) is 13.3. The number of ether oxygens (including phenoxy) is 1. The molecule has 122 valence electrons. The van der Waals surface area contributed by atoms with Gasteiger partial charge in [0.1, 0.15) is 11.5 Å². The first kappa shape index (κ1) is 15.8. The van der Waals surface area contributed by atoms with Crippen LogP contribution in [0.25, 0.3) is 5.69 Å². The lowest BCUT2D eigenvalue weighted by atomic mass is 10.1. The monoisotopic (exact) mass is 322 g/mol. The third-order valence-corrected chi connectivity index (χ3v) is 3.83. The zero-order valence-corrected chi connectivity index (χ0v) is 13.3. The molecule has 0 radical (unpaired) electrons. The molecule has 5 heteroatoms. The van der Waals surface area contributed by atoms with E-state index in [1.807, 2.05) is 30.3 Å². The van der Waals surface area contributed by atoms with Crippen molar-refractivity contribution >= 4 is 5.78 Å². The second-order valence-corrected chi connectivity index (χ2v) is 5.37. The van der Waals surface area contributed by atoms with E-state index in [-0.39, 0.29) is 18.0 Å². The largest absolute Gasteiger partial charge is 0.508 e. The standard InChI is InChI=1S/C19H18N2O3/c1-24-16-8-10-17(22)14(13-16)7-9-18(23)19-20-11-12-21(19)15-5-3-2-4-6-15/h2-6,8,10-13,22H,7,9H2,1H3. The number of ketones is 1. The Kier molecular flexibility index (Phi) is 4.61. The second kappa shape index (κ2) is 7.00. The molecule has 1 aromatic heterocycles. The van der Waals surface area contributed by atoms with E-state index in [4.69, 9.17) is 4.74 Å². The molecule has 1 N–H and O–H groups in total. The Balaban J connectivity index is 1.76. The van der Waals surface area contributed by atoms with E-state index in [2.05, 4.69) is 4.98 Å². The summed E-state index contributed by atoms with van der Waals surface area (Å²) in [6.07, 6.45) is 4.06. The van der Waals surface area contributed by atoms with Crippen LogP contribution in [-0.2, 0) is 6.42 Å². The second-order valence-electron chi connectivity index (χ2n) is 5.37. The molecular formula is C19H18N2O3. The number of phenolic OH excluding ortho intramolecular Hbond substituents is 1. The predicted molar refractivity (Wildman–Crippen MR) is 90.9 cm³/mol. The van der Waals surface area contributed by atoms with Crippen molar-refractivity contribution in [3.05, 3.63) is 72.3 Å². The number of Topliss-reactive ketones (excluding diaryl/α,β-unsaturated/α-hetero) is 1. The first-order chi connectivity index (χ1) is 11.7. The van der Waals surface area contributed by atoms with Gasteiger partial charge in [0.25, 0.3) is 0 Å². The third-order valence-electron chi connectivity index (χ3n) is 3.83. The molecule has 0 amide bonds. The highest BCUT2D eigenvalue weighted by atomic mass is 16.5. The summed E-state index contributed by atoms with van der Waals surface area (Å²) in [5.74, 6) is 1.13. The van der Waals surface area contributed by atoms with E-state index in [0.717, 1.165) is 5.69 Å². The molecule has 0 atom stereocenters. The van der Waals surface area contributed by atoms with Crippen LogP contribution >= 0.6 is 0 Å².